The molecular formula is C12H13N3O3S. The van der Waals surface area contributed by atoms with Gasteiger partial charge in [0.2, 0.25) is 5.91 Å². The van der Waals surface area contributed by atoms with Gasteiger partial charge < -0.3 is 15.0 Å². The first-order chi connectivity index (χ1) is 9.06. The number of amides is 1. The second-order valence-electron chi connectivity index (χ2n) is 3.98. The van der Waals surface area contributed by atoms with E-state index in [1.807, 2.05) is 0 Å². The molecule has 0 fully saturated rings. The van der Waals surface area contributed by atoms with Crippen molar-refractivity contribution in [3.8, 4) is 5.75 Å². The molecule has 19 heavy (non-hydrogen) atoms. The van der Waals surface area contributed by atoms with Crippen LogP contribution in [0.1, 0.15) is 12.1 Å². The summed E-state index contributed by atoms with van der Waals surface area (Å²) in [5.74, 6) is -0.264. The zero-order chi connectivity index (χ0) is 13.8. The van der Waals surface area contributed by atoms with E-state index in [4.69, 9.17) is 0 Å². The molecule has 1 amide bonds. The Morgan fingerprint density at radius 3 is 2.95 bits per heavy atom. The molecule has 0 radical (unpaired) electrons. The van der Waals surface area contributed by atoms with Crippen LogP contribution in [-0.4, -0.2) is 20.6 Å². The molecule has 6 nitrogen and oxygen atoms in total. The summed E-state index contributed by atoms with van der Waals surface area (Å²) in [5.41, 5.74) is 0.298. The molecule has 0 saturated heterocycles. The van der Waals surface area contributed by atoms with Crippen LogP contribution in [-0.2, 0) is 11.3 Å². The van der Waals surface area contributed by atoms with Crippen molar-refractivity contribution in [2.45, 2.75) is 19.9 Å². The summed E-state index contributed by atoms with van der Waals surface area (Å²) in [6.45, 7) is 1.97. The highest BCUT2D eigenvalue weighted by Crippen LogP contribution is 2.11. The van der Waals surface area contributed by atoms with Gasteiger partial charge in [0, 0.05) is 36.3 Å². The van der Waals surface area contributed by atoms with E-state index in [2.05, 4.69) is 10.3 Å². The van der Waals surface area contributed by atoms with E-state index in [1.165, 1.54) is 22.0 Å². The van der Waals surface area contributed by atoms with Gasteiger partial charge in [-0.3, -0.25) is 9.59 Å². The van der Waals surface area contributed by atoms with Crippen molar-refractivity contribution in [2.24, 2.45) is 0 Å². The van der Waals surface area contributed by atoms with Crippen LogP contribution >= 0.6 is 11.3 Å². The second-order valence-corrected chi connectivity index (χ2v) is 4.87. The van der Waals surface area contributed by atoms with Crippen molar-refractivity contribution < 1.29 is 9.90 Å². The van der Waals surface area contributed by atoms with Crippen LogP contribution in [0.2, 0.25) is 0 Å². The molecule has 2 heterocycles. The van der Waals surface area contributed by atoms with Crippen LogP contribution in [0.5, 0.6) is 5.75 Å². The fourth-order valence-corrected chi connectivity index (χ4v) is 2.22. The molecule has 0 bridgehead atoms. The highest BCUT2D eigenvalue weighted by Gasteiger charge is 2.07. The number of nitrogens with zero attached hydrogens (tertiary/aromatic N) is 2. The van der Waals surface area contributed by atoms with Gasteiger partial charge in [0.05, 0.1) is 0 Å². The van der Waals surface area contributed by atoms with Crippen LogP contribution in [0.25, 0.3) is 0 Å². The van der Waals surface area contributed by atoms with Gasteiger partial charge >= 0.3 is 0 Å². The van der Waals surface area contributed by atoms with Gasteiger partial charge in [0.15, 0.2) is 5.13 Å². The van der Waals surface area contributed by atoms with Crippen LogP contribution in [0.4, 0.5) is 5.13 Å². The minimum atomic E-state index is -0.320. The Labute approximate surface area is 113 Å². The summed E-state index contributed by atoms with van der Waals surface area (Å²) in [6.07, 6.45) is 1.78. The lowest BCUT2D eigenvalue weighted by molar-refractivity contribution is -0.116. The average molecular weight is 279 g/mol. The number of hydrogen-bond acceptors (Lipinski definition) is 5. The maximum atomic E-state index is 11.7. The number of aryl methyl sites for hydroxylation is 1. The SMILES string of the molecule is Cc1cc(O)cc(=O)n1CCC(=O)Nc1nccs1. The lowest BCUT2D eigenvalue weighted by Crippen LogP contribution is -2.24. The van der Waals surface area contributed by atoms with E-state index in [9.17, 15) is 14.7 Å². The molecule has 2 rings (SSSR count). The number of carbonyl (C=O) groups is 1. The van der Waals surface area contributed by atoms with Crippen molar-refractivity contribution >= 4 is 22.4 Å². The standard InChI is InChI=1S/C12H13N3O3S/c1-8-6-9(16)7-11(18)15(8)4-2-10(17)14-12-13-3-5-19-12/h3,5-7,16H,2,4H2,1H3,(H,13,14,17). The summed E-state index contributed by atoms with van der Waals surface area (Å²) in [4.78, 5) is 27.3. The van der Waals surface area contributed by atoms with Gasteiger partial charge in [-0.25, -0.2) is 4.98 Å². The number of thiazole rings is 1. The molecular weight excluding hydrogens is 266 g/mol. The fraction of sp³-hybridized carbons (Fsp3) is 0.250. The Kier molecular flexibility index (Phi) is 3.96. The number of hydrogen-bond donors (Lipinski definition) is 2. The molecule has 0 spiro atoms. The summed E-state index contributed by atoms with van der Waals surface area (Å²) in [6, 6.07) is 2.62. The molecule has 0 aliphatic rings. The summed E-state index contributed by atoms with van der Waals surface area (Å²) in [7, 11) is 0. The fourth-order valence-electron chi connectivity index (χ4n) is 1.68. The summed E-state index contributed by atoms with van der Waals surface area (Å²) >= 11 is 1.34. The monoisotopic (exact) mass is 279 g/mol. The van der Waals surface area contributed by atoms with E-state index >= 15 is 0 Å². The number of rotatable bonds is 4. The predicted octanol–water partition coefficient (Wildman–Crippen LogP) is 1.35. The average Bonchev–Trinajstić information content (AvgIpc) is 2.80. The van der Waals surface area contributed by atoms with Crippen molar-refractivity contribution in [1.82, 2.24) is 9.55 Å². The van der Waals surface area contributed by atoms with E-state index in [-0.39, 0.29) is 30.2 Å². The first kappa shape index (κ1) is 13.3. The van der Waals surface area contributed by atoms with Gasteiger partial charge in [0.25, 0.3) is 5.56 Å². The lowest BCUT2D eigenvalue weighted by atomic mass is 10.3. The lowest BCUT2D eigenvalue weighted by Gasteiger charge is -2.09. The third-order valence-corrected chi connectivity index (χ3v) is 3.25. The maximum absolute atomic E-state index is 11.7. The molecule has 0 saturated carbocycles. The van der Waals surface area contributed by atoms with Gasteiger partial charge in [-0.1, -0.05) is 0 Å². The van der Waals surface area contributed by atoms with Gasteiger partial charge in [-0.15, -0.1) is 11.3 Å². The Morgan fingerprint density at radius 2 is 2.32 bits per heavy atom. The summed E-state index contributed by atoms with van der Waals surface area (Å²) in [5, 5.41) is 14.2. The van der Waals surface area contributed by atoms with E-state index in [1.54, 1.807) is 18.5 Å². The highest BCUT2D eigenvalue weighted by atomic mass is 32.1. The Bertz CT molecular complexity index is 634. The van der Waals surface area contributed by atoms with Crippen LogP contribution in [0, 0.1) is 6.92 Å². The highest BCUT2D eigenvalue weighted by molar-refractivity contribution is 7.13. The Balaban J connectivity index is 1.99. The van der Waals surface area contributed by atoms with Gasteiger partial charge in [0.1, 0.15) is 5.75 Å². The molecule has 2 aromatic heterocycles. The van der Waals surface area contributed by atoms with E-state index < -0.39 is 0 Å². The van der Waals surface area contributed by atoms with Crippen molar-refractivity contribution in [3.05, 3.63) is 39.8 Å². The third kappa shape index (κ3) is 3.41. The van der Waals surface area contributed by atoms with Crippen molar-refractivity contribution in [1.29, 1.82) is 0 Å². The molecule has 0 aromatic carbocycles. The second kappa shape index (κ2) is 5.66. The van der Waals surface area contributed by atoms with Crippen LogP contribution < -0.4 is 10.9 Å². The van der Waals surface area contributed by atoms with Crippen LogP contribution in [0.3, 0.4) is 0 Å². The Hall–Kier alpha value is -2.15. The smallest absolute Gasteiger partial charge is 0.254 e. The van der Waals surface area contributed by atoms with Crippen molar-refractivity contribution in [2.75, 3.05) is 5.32 Å². The number of carbonyl (C=O) groups excluding carboxylic acids is 1. The first-order valence-electron chi connectivity index (χ1n) is 5.66. The minimum absolute atomic E-state index is 0.0639. The van der Waals surface area contributed by atoms with E-state index in [0.29, 0.717) is 10.8 Å². The topological polar surface area (TPSA) is 84.2 Å². The molecule has 7 heteroatoms. The molecule has 2 N–H and O–H groups in total. The largest absolute Gasteiger partial charge is 0.508 e. The molecule has 100 valence electrons. The number of aromatic nitrogens is 2. The number of aromatic hydroxyl groups is 1. The zero-order valence-corrected chi connectivity index (χ0v) is 11.1. The molecule has 0 atom stereocenters. The summed E-state index contributed by atoms with van der Waals surface area (Å²) < 4.78 is 1.45. The molecule has 0 unspecified atom stereocenters. The molecule has 2 aromatic rings. The number of nitrogens with one attached hydrogen (secondary N) is 1. The van der Waals surface area contributed by atoms with Gasteiger partial charge in [-0.05, 0) is 13.0 Å². The number of anilines is 1. The predicted molar refractivity (Wildman–Crippen MR) is 72.5 cm³/mol. The normalized spacial score (nSPS) is 10.4. The zero-order valence-electron chi connectivity index (χ0n) is 10.3. The maximum Gasteiger partial charge on any atom is 0.254 e. The molecule has 0 aliphatic carbocycles. The quantitative estimate of drug-likeness (QED) is 0.884. The number of pyridine rings is 1. The van der Waals surface area contributed by atoms with Crippen LogP contribution in [0.15, 0.2) is 28.5 Å². The minimum Gasteiger partial charge on any atom is -0.508 e. The van der Waals surface area contributed by atoms with Gasteiger partial charge in [-0.2, -0.15) is 0 Å². The first-order valence-corrected chi connectivity index (χ1v) is 6.54. The third-order valence-electron chi connectivity index (χ3n) is 2.56. The molecule has 0 aliphatic heterocycles. The van der Waals surface area contributed by atoms with Crippen molar-refractivity contribution in [3.63, 3.8) is 0 Å². The Morgan fingerprint density at radius 1 is 1.53 bits per heavy atom. The van der Waals surface area contributed by atoms with E-state index in [0.717, 1.165) is 6.07 Å².